The van der Waals surface area contributed by atoms with Gasteiger partial charge in [0.05, 0.1) is 13.1 Å². The largest absolute Gasteiger partial charge is 0.480 e. The molecule has 0 fully saturated rings. The minimum atomic E-state index is -2.76. The number of carboxylic acid groups (broad SMARTS) is 2. The van der Waals surface area contributed by atoms with Gasteiger partial charge in [-0.3, -0.25) is 19.2 Å². The molecule has 3 N–H and O–H groups in total. The van der Waals surface area contributed by atoms with Crippen LogP contribution in [0.25, 0.3) is 0 Å². The van der Waals surface area contributed by atoms with Crippen molar-refractivity contribution in [3.63, 3.8) is 0 Å². The summed E-state index contributed by atoms with van der Waals surface area (Å²) in [6, 6.07) is 6.80. The molecule has 3 rings (SSSR count). The van der Waals surface area contributed by atoms with Crippen molar-refractivity contribution in [2.45, 2.75) is 32.7 Å². The van der Waals surface area contributed by atoms with Gasteiger partial charge >= 0.3 is 11.9 Å². The third-order valence-corrected chi connectivity index (χ3v) is 4.97. The van der Waals surface area contributed by atoms with Crippen LogP contribution in [0.15, 0.2) is 49.1 Å². The zero-order chi connectivity index (χ0) is 23.1. The van der Waals surface area contributed by atoms with E-state index in [0.29, 0.717) is 23.9 Å². The highest BCUT2D eigenvalue weighted by atomic mass is 32.2. The van der Waals surface area contributed by atoms with Gasteiger partial charge in [0.1, 0.15) is 24.7 Å². The van der Waals surface area contributed by atoms with E-state index in [-0.39, 0.29) is 26.2 Å². The number of anilines is 1. The number of hydrogen-bond donors (Lipinski definition) is 4. The summed E-state index contributed by atoms with van der Waals surface area (Å²) >= 11 is 0. The molecule has 2 aromatic heterocycles. The van der Waals surface area contributed by atoms with Gasteiger partial charge in [-0.05, 0) is 17.7 Å². The van der Waals surface area contributed by atoms with Crippen molar-refractivity contribution in [2.24, 2.45) is 0 Å². The molecule has 0 saturated heterocycles. The second-order valence-electron chi connectivity index (χ2n) is 6.94. The van der Waals surface area contributed by atoms with E-state index >= 15 is 0 Å². The second kappa shape index (κ2) is 10.5. The number of aromatic nitrogens is 4. The van der Waals surface area contributed by atoms with Crippen LogP contribution in [0.3, 0.4) is 0 Å². The second-order valence-corrected chi connectivity index (χ2v) is 7.68. The predicted octanol–water partition coefficient (Wildman–Crippen LogP) is 0.389. The Morgan fingerprint density at radius 3 is 1.81 bits per heavy atom. The molecule has 0 bridgehead atoms. The Morgan fingerprint density at radius 1 is 0.875 bits per heavy atom. The smallest absolute Gasteiger partial charge is 0.323 e. The third kappa shape index (κ3) is 6.65. The average molecular weight is 462 g/mol. The number of nitrogens with zero attached hydrogens (tertiary/aromatic N) is 5. The fourth-order valence-corrected chi connectivity index (χ4v) is 3.54. The highest BCUT2D eigenvalue weighted by Gasteiger charge is 2.16. The van der Waals surface area contributed by atoms with E-state index in [0.717, 1.165) is 5.56 Å². The quantitative estimate of drug-likeness (QED) is 0.279. The molecular formula is C19H22N6O6S. The minimum Gasteiger partial charge on any atom is -0.480 e. The summed E-state index contributed by atoms with van der Waals surface area (Å²) in [5.74, 6) is -0.920. The summed E-state index contributed by atoms with van der Waals surface area (Å²) in [7, 11) is -2.76. The molecular weight excluding hydrogens is 440 g/mol. The maximum absolute atomic E-state index is 11.1. The summed E-state index contributed by atoms with van der Waals surface area (Å²) < 4.78 is 27.0. The first-order valence-corrected chi connectivity index (χ1v) is 10.6. The molecule has 3 aromatic rings. The Kier molecular flexibility index (Phi) is 7.57. The van der Waals surface area contributed by atoms with Crippen molar-refractivity contribution >= 4 is 28.5 Å². The molecule has 0 aliphatic heterocycles. The average Bonchev–Trinajstić information content (AvgIpc) is 3.31. The summed E-state index contributed by atoms with van der Waals surface area (Å²) in [6.45, 7) is 0.512. The number of thiol groups is 1. The molecule has 0 amide bonds. The lowest BCUT2D eigenvalue weighted by Crippen LogP contribution is -2.27. The van der Waals surface area contributed by atoms with Crippen molar-refractivity contribution < 1.29 is 28.2 Å². The Hall–Kier alpha value is -3.71. The molecule has 1 aromatic carbocycles. The molecule has 0 aliphatic rings. The van der Waals surface area contributed by atoms with Crippen molar-refractivity contribution in [2.75, 3.05) is 4.72 Å². The van der Waals surface area contributed by atoms with Gasteiger partial charge in [-0.15, -0.1) is 0 Å². The van der Waals surface area contributed by atoms with Crippen LogP contribution >= 0.6 is 0 Å². The van der Waals surface area contributed by atoms with Crippen molar-refractivity contribution in [3.05, 3.63) is 66.3 Å². The highest BCUT2D eigenvalue weighted by Crippen LogP contribution is 2.16. The van der Waals surface area contributed by atoms with Gasteiger partial charge in [0, 0.05) is 37.0 Å². The van der Waals surface area contributed by atoms with Gasteiger partial charge in [-0.1, -0.05) is 12.1 Å². The molecule has 2 heterocycles. The van der Waals surface area contributed by atoms with Crippen LogP contribution in [-0.4, -0.2) is 54.6 Å². The van der Waals surface area contributed by atoms with Crippen LogP contribution in [0.4, 0.5) is 5.69 Å². The molecule has 0 radical (unpaired) electrons. The zero-order valence-electron chi connectivity index (χ0n) is 16.9. The number of imidazole rings is 2. The van der Waals surface area contributed by atoms with Crippen LogP contribution < -0.4 is 4.72 Å². The summed E-state index contributed by atoms with van der Waals surface area (Å²) in [4.78, 5) is 32.7. The summed E-state index contributed by atoms with van der Waals surface area (Å²) in [5.41, 5.74) is 1.30. The first-order valence-electron chi connectivity index (χ1n) is 9.46. The lowest BCUT2D eigenvalue weighted by molar-refractivity contribution is -0.138. The molecule has 0 aliphatic carbocycles. The molecule has 0 unspecified atom stereocenters. The van der Waals surface area contributed by atoms with Crippen LogP contribution in [0.1, 0.15) is 17.2 Å². The first-order chi connectivity index (χ1) is 15.3. The van der Waals surface area contributed by atoms with Gasteiger partial charge in [0.25, 0.3) is 0 Å². The maximum atomic E-state index is 11.1. The Morgan fingerprint density at radius 2 is 1.38 bits per heavy atom. The topological polar surface area (TPSA) is 160 Å². The number of aliphatic carboxylic acids is 2. The third-order valence-electron chi connectivity index (χ3n) is 4.53. The number of hydrogen-bond acceptors (Lipinski definition) is 7. The molecule has 0 atom stereocenters. The Bertz CT molecular complexity index is 1090. The summed E-state index contributed by atoms with van der Waals surface area (Å²) in [6.07, 6.45) is 6.20. The number of nitrogens with one attached hydrogen (secondary N) is 1. The van der Waals surface area contributed by atoms with E-state index in [1.54, 1.807) is 36.7 Å². The Balaban J connectivity index is 1.82. The van der Waals surface area contributed by atoms with Crippen LogP contribution in [-0.2, 0) is 53.2 Å². The fraction of sp³-hybridized carbons (Fsp3) is 0.263. The SMILES string of the molecule is O=C(O)Cn1ccnc1CN(Cc1ccc(N[SH](=O)=O)cc1)Cc1nccn1CC(=O)O. The minimum absolute atomic E-state index is 0.232. The van der Waals surface area contributed by atoms with Gasteiger partial charge < -0.3 is 19.3 Å². The van der Waals surface area contributed by atoms with Crippen LogP contribution in [0.2, 0.25) is 0 Å². The number of rotatable bonds is 12. The first kappa shape index (κ1) is 23.0. The lowest BCUT2D eigenvalue weighted by atomic mass is 10.2. The molecule has 32 heavy (non-hydrogen) atoms. The molecule has 170 valence electrons. The standard InChI is InChI=1S/C19H22N6O6S/c26-18(27)12-24-7-5-20-16(24)10-23(11-17-21-6-8-25(17)13-19(28)29)9-14-1-3-15(4-2-14)22-32(30)31/h1-8,32H,9-13H2,(H,26,27)(H,28,29)(H,22,30,31). The van der Waals surface area contributed by atoms with Crippen LogP contribution in [0, 0.1) is 0 Å². The van der Waals surface area contributed by atoms with E-state index in [4.69, 9.17) is 10.2 Å². The lowest BCUT2D eigenvalue weighted by Gasteiger charge is -2.22. The van der Waals surface area contributed by atoms with E-state index in [1.807, 2.05) is 4.90 Å². The zero-order valence-corrected chi connectivity index (χ0v) is 17.8. The van der Waals surface area contributed by atoms with E-state index in [9.17, 15) is 18.0 Å². The van der Waals surface area contributed by atoms with Crippen LogP contribution in [0.5, 0.6) is 0 Å². The highest BCUT2D eigenvalue weighted by molar-refractivity contribution is 7.73. The van der Waals surface area contributed by atoms with E-state index in [1.165, 1.54) is 21.5 Å². The molecule has 13 heteroatoms. The van der Waals surface area contributed by atoms with Crippen molar-refractivity contribution in [1.82, 2.24) is 24.0 Å². The van der Waals surface area contributed by atoms with Gasteiger partial charge in [-0.25, -0.2) is 18.4 Å². The molecule has 12 nitrogen and oxygen atoms in total. The predicted molar refractivity (Wildman–Crippen MR) is 113 cm³/mol. The van der Waals surface area contributed by atoms with E-state index in [2.05, 4.69) is 14.7 Å². The summed E-state index contributed by atoms with van der Waals surface area (Å²) in [5, 5.41) is 18.2. The van der Waals surface area contributed by atoms with Gasteiger partial charge in [0.15, 0.2) is 0 Å². The number of carbonyl (C=O) groups is 2. The van der Waals surface area contributed by atoms with Crippen molar-refractivity contribution in [3.8, 4) is 0 Å². The van der Waals surface area contributed by atoms with E-state index < -0.39 is 22.8 Å². The van der Waals surface area contributed by atoms with Gasteiger partial charge in [0.2, 0.25) is 10.9 Å². The molecule has 0 spiro atoms. The monoisotopic (exact) mass is 462 g/mol. The number of benzene rings is 1. The Labute approximate surface area is 184 Å². The molecule has 0 saturated carbocycles. The number of carboxylic acids is 2. The normalized spacial score (nSPS) is 11.2. The van der Waals surface area contributed by atoms with Gasteiger partial charge in [-0.2, -0.15) is 0 Å². The van der Waals surface area contributed by atoms with Crippen molar-refractivity contribution in [1.29, 1.82) is 0 Å². The maximum Gasteiger partial charge on any atom is 0.323 e. The fourth-order valence-electron chi connectivity index (χ4n) is 3.18.